The average molecular weight is 330 g/mol. The normalized spacial score (nSPS) is 18.7. The van der Waals surface area contributed by atoms with Crippen LogP contribution in [0.4, 0.5) is 5.82 Å². The van der Waals surface area contributed by atoms with Crippen LogP contribution in [0.25, 0.3) is 10.2 Å². The number of hydrogen-bond acceptors (Lipinski definition) is 7. The van der Waals surface area contributed by atoms with Crippen LogP contribution in [0.1, 0.15) is 11.6 Å². The minimum Gasteiger partial charge on any atom is -0.373 e. The molecular formula is C15H18N6OS. The Morgan fingerprint density at radius 2 is 2.26 bits per heavy atom. The van der Waals surface area contributed by atoms with Gasteiger partial charge in [-0.25, -0.2) is 19.6 Å². The Hall–Kier alpha value is -2.06. The lowest BCUT2D eigenvalue weighted by Crippen LogP contribution is -2.45. The van der Waals surface area contributed by atoms with Crippen molar-refractivity contribution >= 4 is 27.4 Å². The Balaban J connectivity index is 1.55. The van der Waals surface area contributed by atoms with E-state index in [9.17, 15) is 0 Å². The van der Waals surface area contributed by atoms with Gasteiger partial charge in [-0.05, 0) is 25.3 Å². The van der Waals surface area contributed by atoms with E-state index in [1.54, 1.807) is 17.7 Å². The first-order chi connectivity index (χ1) is 11.2. The first-order valence-electron chi connectivity index (χ1n) is 7.63. The van der Waals surface area contributed by atoms with Crippen molar-refractivity contribution in [2.45, 2.75) is 26.5 Å². The van der Waals surface area contributed by atoms with E-state index in [0.717, 1.165) is 40.8 Å². The molecule has 0 amide bonds. The van der Waals surface area contributed by atoms with Gasteiger partial charge in [0.2, 0.25) is 0 Å². The molecule has 0 spiro atoms. The van der Waals surface area contributed by atoms with Gasteiger partial charge in [0.1, 0.15) is 23.8 Å². The lowest BCUT2D eigenvalue weighted by atomic mass is 10.2. The Bertz CT molecular complexity index is 828. The molecule has 8 heteroatoms. The molecule has 1 aliphatic heterocycles. The largest absolute Gasteiger partial charge is 0.373 e. The fraction of sp³-hybridized carbons (Fsp3) is 0.467. The first-order valence-corrected chi connectivity index (χ1v) is 8.51. The summed E-state index contributed by atoms with van der Waals surface area (Å²) in [4.78, 5) is 15.5. The molecule has 0 radical (unpaired) electrons. The second-order valence-corrected chi connectivity index (χ2v) is 6.58. The lowest BCUT2D eigenvalue weighted by molar-refractivity contribution is 0.0268. The van der Waals surface area contributed by atoms with Crippen LogP contribution >= 0.6 is 11.3 Å². The molecule has 1 fully saturated rings. The molecule has 0 aromatic carbocycles. The zero-order valence-electron chi connectivity index (χ0n) is 13.1. The highest BCUT2D eigenvalue weighted by atomic mass is 32.1. The molecule has 0 saturated carbocycles. The zero-order valence-corrected chi connectivity index (χ0v) is 14.0. The zero-order chi connectivity index (χ0) is 15.8. The number of rotatable bonds is 3. The van der Waals surface area contributed by atoms with E-state index in [2.05, 4.69) is 30.3 Å². The number of thiophene rings is 1. The second-order valence-electron chi connectivity index (χ2n) is 5.66. The van der Waals surface area contributed by atoms with Crippen molar-refractivity contribution in [1.29, 1.82) is 0 Å². The molecule has 0 N–H and O–H groups in total. The van der Waals surface area contributed by atoms with Gasteiger partial charge in [-0.1, -0.05) is 0 Å². The van der Waals surface area contributed by atoms with Crippen LogP contribution < -0.4 is 4.90 Å². The molecule has 0 aliphatic carbocycles. The number of hydrogen-bond donors (Lipinski definition) is 0. The third kappa shape index (κ3) is 2.79. The van der Waals surface area contributed by atoms with E-state index in [4.69, 9.17) is 4.74 Å². The number of aromatic nitrogens is 5. The predicted molar refractivity (Wildman–Crippen MR) is 88.9 cm³/mol. The van der Waals surface area contributed by atoms with E-state index in [0.29, 0.717) is 13.2 Å². The highest BCUT2D eigenvalue weighted by Crippen LogP contribution is 2.29. The maximum Gasteiger partial charge on any atom is 0.150 e. The van der Waals surface area contributed by atoms with E-state index in [1.807, 2.05) is 24.6 Å². The smallest absolute Gasteiger partial charge is 0.150 e. The van der Waals surface area contributed by atoms with Gasteiger partial charge >= 0.3 is 0 Å². The van der Waals surface area contributed by atoms with E-state index in [1.165, 1.54) is 0 Å². The van der Waals surface area contributed by atoms with Gasteiger partial charge in [-0.2, -0.15) is 5.10 Å². The van der Waals surface area contributed by atoms with Gasteiger partial charge in [-0.3, -0.25) is 0 Å². The number of aryl methyl sites for hydroxylation is 2. The van der Waals surface area contributed by atoms with Crippen molar-refractivity contribution in [1.82, 2.24) is 24.7 Å². The SMILES string of the molecule is Cc1nc(C)n(C[C@@H]2CN(c3ncnc4ccsc34)CCO2)n1. The van der Waals surface area contributed by atoms with Crippen molar-refractivity contribution in [3.63, 3.8) is 0 Å². The lowest BCUT2D eigenvalue weighted by Gasteiger charge is -2.33. The maximum atomic E-state index is 5.92. The molecule has 4 heterocycles. The van der Waals surface area contributed by atoms with Gasteiger partial charge in [0, 0.05) is 13.1 Å². The molecule has 23 heavy (non-hydrogen) atoms. The van der Waals surface area contributed by atoms with E-state index >= 15 is 0 Å². The molecule has 0 bridgehead atoms. The van der Waals surface area contributed by atoms with Gasteiger partial charge in [0.15, 0.2) is 0 Å². The van der Waals surface area contributed by atoms with Crippen molar-refractivity contribution in [3.05, 3.63) is 29.4 Å². The minimum atomic E-state index is 0.0773. The Morgan fingerprint density at radius 1 is 1.35 bits per heavy atom. The van der Waals surface area contributed by atoms with E-state index < -0.39 is 0 Å². The summed E-state index contributed by atoms with van der Waals surface area (Å²) in [6.45, 7) is 6.92. The summed E-state index contributed by atoms with van der Waals surface area (Å²) < 4.78 is 8.98. The Morgan fingerprint density at radius 3 is 3.09 bits per heavy atom. The average Bonchev–Trinajstić information content (AvgIpc) is 3.14. The van der Waals surface area contributed by atoms with Crippen LogP contribution in [0.5, 0.6) is 0 Å². The molecule has 3 aromatic heterocycles. The second kappa shape index (κ2) is 5.86. The van der Waals surface area contributed by atoms with Crippen LogP contribution in [0.15, 0.2) is 17.8 Å². The molecule has 3 aromatic rings. The number of fused-ring (bicyclic) bond motifs is 1. The highest BCUT2D eigenvalue weighted by Gasteiger charge is 2.24. The maximum absolute atomic E-state index is 5.92. The summed E-state index contributed by atoms with van der Waals surface area (Å²) in [5, 5.41) is 6.49. The number of nitrogens with zero attached hydrogens (tertiary/aromatic N) is 6. The summed E-state index contributed by atoms with van der Waals surface area (Å²) in [6.07, 6.45) is 1.72. The Labute approximate surface area is 137 Å². The van der Waals surface area contributed by atoms with Gasteiger partial charge in [0.25, 0.3) is 0 Å². The number of morpholine rings is 1. The summed E-state index contributed by atoms with van der Waals surface area (Å²) >= 11 is 1.68. The molecule has 7 nitrogen and oxygen atoms in total. The van der Waals surface area contributed by atoms with Crippen molar-refractivity contribution < 1.29 is 4.74 Å². The van der Waals surface area contributed by atoms with Crippen molar-refractivity contribution in [2.75, 3.05) is 24.6 Å². The third-order valence-corrected chi connectivity index (χ3v) is 4.90. The van der Waals surface area contributed by atoms with E-state index in [-0.39, 0.29) is 6.10 Å². The van der Waals surface area contributed by atoms with Crippen LogP contribution in [0, 0.1) is 13.8 Å². The highest BCUT2D eigenvalue weighted by molar-refractivity contribution is 7.17. The van der Waals surface area contributed by atoms with Crippen molar-refractivity contribution in [3.8, 4) is 0 Å². The van der Waals surface area contributed by atoms with Gasteiger partial charge in [0.05, 0.1) is 29.5 Å². The van der Waals surface area contributed by atoms with Crippen LogP contribution in [0.3, 0.4) is 0 Å². The number of anilines is 1. The molecule has 1 atom stereocenters. The Kier molecular flexibility index (Phi) is 3.70. The van der Waals surface area contributed by atoms with Gasteiger partial charge in [-0.15, -0.1) is 11.3 Å². The molecule has 120 valence electrons. The standard InChI is InChI=1S/C15H18N6OS/c1-10-18-11(2)21(19-10)8-12-7-20(4-5-22-12)15-14-13(3-6-23-14)16-9-17-15/h3,6,9,12H,4-5,7-8H2,1-2H3/t12-/m0/s1. The first kappa shape index (κ1) is 14.5. The molecule has 4 rings (SSSR count). The summed E-state index contributed by atoms with van der Waals surface area (Å²) in [5.41, 5.74) is 1.01. The van der Waals surface area contributed by atoms with Crippen LogP contribution in [-0.2, 0) is 11.3 Å². The molecule has 1 aliphatic rings. The topological polar surface area (TPSA) is 69.0 Å². The molecule has 0 unspecified atom stereocenters. The molecular weight excluding hydrogens is 312 g/mol. The summed E-state index contributed by atoms with van der Waals surface area (Å²) in [6, 6.07) is 2.03. The summed E-state index contributed by atoms with van der Waals surface area (Å²) in [7, 11) is 0. The quantitative estimate of drug-likeness (QED) is 0.729. The third-order valence-electron chi connectivity index (χ3n) is 4.00. The van der Waals surface area contributed by atoms with Crippen LogP contribution in [-0.4, -0.2) is 50.5 Å². The monoisotopic (exact) mass is 330 g/mol. The van der Waals surface area contributed by atoms with Crippen LogP contribution in [0.2, 0.25) is 0 Å². The fourth-order valence-electron chi connectivity index (χ4n) is 2.95. The fourth-order valence-corrected chi connectivity index (χ4v) is 3.81. The predicted octanol–water partition coefficient (Wildman–Crippen LogP) is 1.81. The summed E-state index contributed by atoms with van der Waals surface area (Å²) in [5.74, 6) is 2.72. The van der Waals surface area contributed by atoms with Gasteiger partial charge < -0.3 is 9.64 Å². The minimum absolute atomic E-state index is 0.0773. The van der Waals surface area contributed by atoms with Crippen molar-refractivity contribution in [2.24, 2.45) is 0 Å². The molecule has 1 saturated heterocycles. The number of ether oxygens (including phenoxy) is 1.